The van der Waals surface area contributed by atoms with Gasteiger partial charge in [0.15, 0.2) is 0 Å². The van der Waals surface area contributed by atoms with Gasteiger partial charge in [0.05, 0.1) is 17.7 Å². The molecule has 1 N–H and O–H groups in total. The average Bonchev–Trinajstić information content (AvgIpc) is 2.78. The number of nitrogens with zero attached hydrogens (tertiary/aromatic N) is 2. The van der Waals surface area contributed by atoms with Gasteiger partial charge in [0.2, 0.25) is 0 Å². The molecule has 1 fully saturated rings. The van der Waals surface area contributed by atoms with E-state index in [9.17, 15) is 13.2 Å². The van der Waals surface area contributed by atoms with Crippen LogP contribution < -0.4 is 9.04 Å². The summed E-state index contributed by atoms with van der Waals surface area (Å²) in [6.07, 6.45) is 2.61. The van der Waals surface area contributed by atoms with Crippen molar-refractivity contribution >= 4 is 21.6 Å². The van der Waals surface area contributed by atoms with E-state index in [-0.39, 0.29) is 17.4 Å². The van der Waals surface area contributed by atoms with Crippen molar-refractivity contribution in [2.45, 2.75) is 24.2 Å². The van der Waals surface area contributed by atoms with Crippen molar-refractivity contribution in [2.24, 2.45) is 5.92 Å². The van der Waals surface area contributed by atoms with Crippen molar-refractivity contribution in [1.82, 2.24) is 4.90 Å². The lowest BCUT2D eigenvalue weighted by Gasteiger charge is -2.32. The molecule has 0 radical (unpaired) electrons. The second-order valence-electron chi connectivity index (χ2n) is 7.44. The minimum Gasteiger partial charge on any atom is -0.495 e. The maximum atomic E-state index is 13.0. The number of carbonyl (C=O) groups is 1. The Bertz CT molecular complexity index is 973. The molecule has 8 heteroatoms. The number of benzene rings is 2. The lowest BCUT2D eigenvalue weighted by atomic mass is 9.94. The number of sulfonamides is 1. The highest BCUT2D eigenvalue weighted by molar-refractivity contribution is 7.92. The second-order valence-corrected chi connectivity index (χ2v) is 9.41. The summed E-state index contributed by atoms with van der Waals surface area (Å²) in [5.74, 6) is 0.652. The van der Waals surface area contributed by atoms with Gasteiger partial charge in [0.25, 0.3) is 15.9 Å². The third-order valence-electron chi connectivity index (χ3n) is 5.53. The summed E-state index contributed by atoms with van der Waals surface area (Å²) in [6.45, 7) is 1.42. The number of ether oxygens (including phenoxy) is 1. The number of rotatable bonds is 7. The van der Waals surface area contributed by atoms with Crippen LogP contribution in [0.25, 0.3) is 0 Å². The number of hydrogen-bond acceptors (Lipinski definition) is 5. The van der Waals surface area contributed by atoms with Crippen LogP contribution in [-0.4, -0.2) is 58.2 Å². The molecule has 30 heavy (non-hydrogen) atoms. The molecule has 1 aliphatic rings. The molecule has 2 aromatic carbocycles. The van der Waals surface area contributed by atoms with Crippen molar-refractivity contribution in [2.75, 3.05) is 38.2 Å². The van der Waals surface area contributed by atoms with Crippen molar-refractivity contribution < 1.29 is 23.1 Å². The molecule has 1 heterocycles. The van der Waals surface area contributed by atoms with E-state index < -0.39 is 10.0 Å². The zero-order chi connectivity index (χ0) is 21.7. The molecular weight excluding hydrogens is 404 g/mol. The Hall–Kier alpha value is -2.58. The first kappa shape index (κ1) is 22.1. The highest BCUT2D eigenvalue weighted by atomic mass is 32.2. The molecule has 7 nitrogen and oxygen atoms in total. The minimum atomic E-state index is -3.81. The highest BCUT2D eigenvalue weighted by Gasteiger charge is 2.26. The van der Waals surface area contributed by atoms with Crippen LogP contribution in [0, 0.1) is 5.92 Å². The van der Waals surface area contributed by atoms with Gasteiger partial charge in [0.1, 0.15) is 5.75 Å². The molecule has 0 aliphatic carbocycles. The van der Waals surface area contributed by atoms with Gasteiger partial charge in [-0.2, -0.15) is 0 Å². The summed E-state index contributed by atoms with van der Waals surface area (Å²) in [4.78, 5) is 14.7. The fraction of sp³-hybridized carbons (Fsp3) is 0.409. The lowest BCUT2D eigenvalue weighted by molar-refractivity contribution is 0.0653. The fourth-order valence-corrected chi connectivity index (χ4v) is 5.00. The summed E-state index contributed by atoms with van der Waals surface area (Å²) in [5.41, 5.74) is 0.891. The molecule has 0 bridgehead atoms. The minimum absolute atomic E-state index is 0.101. The van der Waals surface area contributed by atoms with Crippen LogP contribution in [-0.2, 0) is 10.0 Å². The molecule has 0 unspecified atom stereocenters. The first-order valence-corrected chi connectivity index (χ1v) is 11.4. The SMILES string of the molecule is COc1ccccc1N(C)S(=O)(=O)c1ccc(C(=O)N2CCC[C@H](CCO)C2)cc1. The third-order valence-corrected chi connectivity index (χ3v) is 7.31. The maximum absolute atomic E-state index is 13.0. The molecule has 3 rings (SSSR count). The Kier molecular flexibility index (Phi) is 6.99. The van der Waals surface area contributed by atoms with Gasteiger partial charge < -0.3 is 14.7 Å². The van der Waals surface area contributed by atoms with E-state index in [0.29, 0.717) is 42.4 Å². The van der Waals surface area contributed by atoms with Gasteiger partial charge in [-0.15, -0.1) is 0 Å². The number of aliphatic hydroxyl groups excluding tert-OH is 1. The Morgan fingerprint density at radius 1 is 1.20 bits per heavy atom. The number of methoxy groups -OCH3 is 1. The van der Waals surface area contributed by atoms with E-state index >= 15 is 0 Å². The number of carbonyl (C=O) groups excluding carboxylic acids is 1. The van der Waals surface area contributed by atoms with Crippen LogP contribution >= 0.6 is 0 Å². The molecule has 2 aromatic rings. The Balaban J connectivity index is 1.78. The van der Waals surface area contributed by atoms with Crippen LogP contribution in [0.5, 0.6) is 5.75 Å². The Labute approximate surface area is 177 Å². The summed E-state index contributed by atoms with van der Waals surface area (Å²) < 4.78 is 32.5. The predicted octanol–water partition coefficient (Wildman–Crippen LogP) is 2.75. The second kappa shape index (κ2) is 9.49. The van der Waals surface area contributed by atoms with Gasteiger partial charge in [0, 0.05) is 32.3 Å². The Morgan fingerprint density at radius 2 is 1.90 bits per heavy atom. The molecule has 1 atom stereocenters. The smallest absolute Gasteiger partial charge is 0.264 e. The average molecular weight is 433 g/mol. The molecule has 1 aliphatic heterocycles. The third kappa shape index (κ3) is 4.60. The zero-order valence-electron chi connectivity index (χ0n) is 17.3. The fourth-order valence-electron chi connectivity index (χ4n) is 3.80. The monoisotopic (exact) mass is 432 g/mol. The topological polar surface area (TPSA) is 87.2 Å². The molecular formula is C22H28N2O5S. The van der Waals surface area contributed by atoms with E-state index in [1.807, 2.05) is 0 Å². The lowest BCUT2D eigenvalue weighted by Crippen LogP contribution is -2.40. The van der Waals surface area contributed by atoms with Crippen LogP contribution in [0.1, 0.15) is 29.6 Å². The first-order valence-electron chi connectivity index (χ1n) is 10.0. The molecule has 0 saturated carbocycles. The van der Waals surface area contributed by atoms with Gasteiger partial charge in [-0.25, -0.2) is 8.42 Å². The van der Waals surface area contributed by atoms with Gasteiger partial charge in [-0.05, 0) is 61.6 Å². The molecule has 0 spiro atoms. The normalized spacial score (nSPS) is 16.9. The highest BCUT2D eigenvalue weighted by Crippen LogP contribution is 2.31. The van der Waals surface area contributed by atoms with Crippen LogP contribution in [0.3, 0.4) is 0 Å². The number of piperidine rings is 1. The van der Waals surface area contributed by atoms with Gasteiger partial charge in [-0.1, -0.05) is 12.1 Å². The van der Waals surface area contributed by atoms with Crippen molar-refractivity contribution in [3.63, 3.8) is 0 Å². The van der Waals surface area contributed by atoms with E-state index in [4.69, 9.17) is 9.84 Å². The Morgan fingerprint density at radius 3 is 2.57 bits per heavy atom. The maximum Gasteiger partial charge on any atom is 0.264 e. The van der Waals surface area contributed by atoms with E-state index in [0.717, 1.165) is 12.8 Å². The number of aliphatic hydroxyl groups is 1. The predicted molar refractivity (Wildman–Crippen MR) is 115 cm³/mol. The van der Waals surface area contributed by atoms with Gasteiger partial charge in [-0.3, -0.25) is 9.10 Å². The standard InChI is InChI=1S/C22H28N2O5S/c1-23(20-7-3-4-8-21(20)29-2)30(27,28)19-11-9-18(10-12-19)22(26)24-14-5-6-17(16-24)13-15-25/h3-4,7-12,17,25H,5-6,13-16H2,1-2H3/t17-/m1/s1. The first-order chi connectivity index (χ1) is 14.4. The van der Waals surface area contributed by atoms with E-state index in [1.165, 1.54) is 30.6 Å². The van der Waals surface area contributed by atoms with Crippen molar-refractivity contribution in [1.29, 1.82) is 0 Å². The largest absolute Gasteiger partial charge is 0.495 e. The number of amides is 1. The van der Waals surface area contributed by atoms with Gasteiger partial charge >= 0.3 is 0 Å². The van der Waals surface area contributed by atoms with Crippen molar-refractivity contribution in [3.05, 3.63) is 54.1 Å². The van der Waals surface area contributed by atoms with Crippen LogP contribution in [0.15, 0.2) is 53.4 Å². The van der Waals surface area contributed by atoms with E-state index in [1.54, 1.807) is 41.3 Å². The van der Waals surface area contributed by atoms with Crippen LogP contribution in [0.4, 0.5) is 5.69 Å². The molecule has 1 amide bonds. The molecule has 162 valence electrons. The molecule has 1 saturated heterocycles. The number of anilines is 1. The summed E-state index contributed by atoms with van der Waals surface area (Å²) in [5, 5.41) is 9.16. The molecule has 0 aromatic heterocycles. The number of likely N-dealkylation sites (tertiary alicyclic amines) is 1. The summed E-state index contributed by atoms with van der Waals surface area (Å²) in [6, 6.07) is 12.9. The zero-order valence-corrected chi connectivity index (χ0v) is 18.1. The number of para-hydroxylation sites is 2. The van der Waals surface area contributed by atoms with Crippen molar-refractivity contribution in [3.8, 4) is 5.75 Å². The summed E-state index contributed by atoms with van der Waals surface area (Å²) in [7, 11) is -0.842. The number of hydrogen-bond donors (Lipinski definition) is 1. The summed E-state index contributed by atoms with van der Waals surface area (Å²) >= 11 is 0. The van der Waals surface area contributed by atoms with E-state index in [2.05, 4.69) is 0 Å². The van der Waals surface area contributed by atoms with Crippen LogP contribution in [0.2, 0.25) is 0 Å². The quantitative estimate of drug-likeness (QED) is 0.727.